The van der Waals surface area contributed by atoms with Gasteiger partial charge in [-0.05, 0) is 43.9 Å². The van der Waals surface area contributed by atoms with Crippen molar-refractivity contribution in [3.8, 4) is 0 Å². The quantitative estimate of drug-likeness (QED) is 0.854. The van der Waals surface area contributed by atoms with Gasteiger partial charge in [0, 0.05) is 37.8 Å². The zero-order valence-electron chi connectivity index (χ0n) is 14.3. The topological polar surface area (TPSA) is 83.7 Å². The highest BCUT2D eigenvalue weighted by Crippen LogP contribution is 2.24. The van der Waals surface area contributed by atoms with Crippen LogP contribution in [0, 0.1) is 0 Å². The summed E-state index contributed by atoms with van der Waals surface area (Å²) in [6, 6.07) is 6.48. The Hall–Kier alpha value is -1.15. The number of carbonyl (C=O) groups is 1. The summed E-state index contributed by atoms with van der Waals surface area (Å²) in [5.74, 6) is -0.126. The van der Waals surface area contributed by atoms with Crippen LogP contribution in [0.4, 0.5) is 0 Å². The summed E-state index contributed by atoms with van der Waals surface area (Å²) in [4.78, 5) is 14.7. The molecule has 6 nitrogen and oxygen atoms in total. The molecule has 2 aliphatic heterocycles. The number of amides is 1. The van der Waals surface area contributed by atoms with Gasteiger partial charge in [-0.2, -0.15) is 4.31 Å². The number of halogens is 1. The predicted molar refractivity (Wildman–Crippen MR) is 99.4 cm³/mol. The van der Waals surface area contributed by atoms with Gasteiger partial charge in [-0.15, -0.1) is 12.4 Å². The first-order valence-electron chi connectivity index (χ1n) is 8.65. The van der Waals surface area contributed by atoms with Gasteiger partial charge < -0.3 is 10.6 Å². The highest BCUT2D eigenvalue weighted by atomic mass is 35.5. The zero-order chi connectivity index (χ0) is 17.2. The summed E-state index contributed by atoms with van der Waals surface area (Å²) >= 11 is 0. The number of benzene rings is 1. The van der Waals surface area contributed by atoms with Crippen LogP contribution in [-0.4, -0.2) is 55.8 Å². The molecule has 1 amide bonds. The van der Waals surface area contributed by atoms with E-state index in [1.165, 1.54) is 10.4 Å². The molecule has 0 spiro atoms. The number of nitrogens with zero attached hydrogens (tertiary/aromatic N) is 2. The number of hydrogen-bond acceptors (Lipinski definition) is 4. The molecule has 2 saturated heterocycles. The zero-order valence-corrected chi connectivity index (χ0v) is 15.9. The van der Waals surface area contributed by atoms with Crippen molar-refractivity contribution >= 4 is 28.3 Å². The monoisotopic (exact) mass is 387 g/mol. The second-order valence-corrected chi connectivity index (χ2v) is 8.46. The van der Waals surface area contributed by atoms with Gasteiger partial charge in [0.15, 0.2) is 0 Å². The fraction of sp³-hybridized carbons (Fsp3) is 0.588. The van der Waals surface area contributed by atoms with Gasteiger partial charge >= 0.3 is 0 Å². The van der Waals surface area contributed by atoms with Crippen molar-refractivity contribution in [2.45, 2.75) is 43.0 Å². The molecule has 25 heavy (non-hydrogen) atoms. The predicted octanol–water partition coefficient (Wildman–Crippen LogP) is 1.85. The molecule has 2 fully saturated rings. The molecule has 2 N–H and O–H groups in total. The van der Waals surface area contributed by atoms with Crippen LogP contribution in [0.25, 0.3) is 0 Å². The summed E-state index contributed by atoms with van der Waals surface area (Å²) in [6.07, 6.45) is 4.71. The molecule has 3 rings (SSSR count). The van der Waals surface area contributed by atoms with Crippen LogP contribution in [-0.2, 0) is 10.0 Å². The minimum Gasteiger partial charge on any atom is -0.334 e. The average Bonchev–Trinajstić information content (AvgIpc) is 3.10. The lowest BCUT2D eigenvalue weighted by molar-refractivity contribution is 0.0741. The maximum absolute atomic E-state index is 12.8. The fourth-order valence-electron chi connectivity index (χ4n) is 3.56. The van der Waals surface area contributed by atoms with E-state index in [2.05, 4.69) is 0 Å². The fourth-order valence-corrected chi connectivity index (χ4v) is 5.12. The third kappa shape index (κ3) is 4.16. The van der Waals surface area contributed by atoms with E-state index in [4.69, 9.17) is 5.73 Å². The molecule has 1 atom stereocenters. The molecule has 0 saturated carbocycles. The Bertz CT molecular complexity index is 705. The summed E-state index contributed by atoms with van der Waals surface area (Å²) in [5, 5.41) is 0. The molecule has 2 aliphatic rings. The van der Waals surface area contributed by atoms with Gasteiger partial charge in [0.2, 0.25) is 10.0 Å². The van der Waals surface area contributed by atoms with Gasteiger partial charge in [-0.25, -0.2) is 8.42 Å². The Balaban J connectivity index is 0.00000225. The highest BCUT2D eigenvalue weighted by molar-refractivity contribution is 7.89. The molecule has 0 bridgehead atoms. The summed E-state index contributed by atoms with van der Waals surface area (Å²) in [5.41, 5.74) is 6.16. The van der Waals surface area contributed by atoms with Gasteiger partial charge in [-0.3, -0.25) is 4.79 Å². The lowest BCUT2D eigenvalue weighted by Gasteiger charge is -2.26. The van der Waals surface area contributed by atoms with E-state index in [1.807, 2.05) is 0 Å². The summed E-state index contributed by atoms with van der Waals surface area (Å²) < 4.78 is 27.1. The van der Waals surface area contributed by atoms with E-state index in [9.17, 15) is 13.2 Å². The van der Waals surface area contributed by atoms with Crippen LogP contribution < -0.4 is 5.73 Å². The van der Waals surface area contributed by atoms with Gasteiger partial charge in [0.05, 0.1) is 4.90 Å². The minimum atomic E-state index is -3.52. The van der Waals surface area contributed by atoms with Gasteiger partial charge in [0.25, 0.3) is 5.91 Å². The van der Waals surface area contributed by atoms with Gasteiger partial charge in [0.1, 0.15) is 0 Å². The molecule has 1 aromatic rings. The summed E-state index contributed by atoms with van der Waals surface area (Å²) in [6.45, 7) is 2.24. The van der Waals surface area contributed by atoms with Crippen molar-refractivity contribution in [3.63, 3.8) is 0 Å². The first kappa shape index (κ1) is 20.2. The van der Waals surface area contributed by atoms with Crippen molar-refractivity contribution in [2.75, 3.05) is 26.2 Å². The standard InChI is InChI=1S/C17H25N3O3S.ClH/c18-13-15-7-5-11-20(15)17(21)14-6-4-8-16(12-14)24(22,23)19-9-2-1-3-10-19;/h4,6,8,12,15H,1-3,5,7,9-11,13,18H2;1H. The first-order valence-corrected chi connectivity index (χ1v) is 10.1. The molecule has 140 valence electrons. The van der Waals surface area contributed by atoms with Crippen molar-refractivity contribution in [1.82, 2.24) is 9.21 Å². The van der Waals surface area contributed by atoms with E-state index < -0.39 is 10.0 Å². The molecule has 2 heterocycles. The Kier molecular flexibility index (Phi) is 6.85. The second kappa shape index (κ2) is 8.49. The molecule has 8 heteroatoms. The van der Waals surface area contributed by atoms with Crippen molar-refractivity contribution in [1.29, 1.82) is 0 Å². The Labute approximate surface area is 155 Å². The van der Waals surface area contributed by atoms with E-state index in [-0.39, 0.29) is 29.3 Å². The number of piperidine rings is 1. The van der Waals surface area contributed by atoms with Crippen LogP contribution in [0.5, 0.6) is 0 Å². The molecule has 1 unspecified atom stereocenters. The van der Waals surface area contributed by atoms with Crippen LogP contribution in [0.1, 0.15) is 42.5 Å². The first-order chi connectivity index (χ1) is 11.5. The van der Waals surface area contributed by atoms with Gasteiger partial charge in [-0.1, -0.05) is 12.5 Å². The van der Waals surface area contributed by atoms with Crippen molar-refractivity contribution in [3.05, 3.63) is 29.8 Å². The third-order valence-corrected chi connectivity index (χ3v) is 6.84. The number of sulfonamides is 1. The molecular weight excluding hydrogens is 362 g/mol. The number of hydrogen-bond donors (Lipinski definition) is 1. The highest BCUT2D eigenvalue weighted by Gasteiger charge is 2.30. The van der Waals surface area contributed by atoms with Crippen LogP contribution in [0.2, 0.25) is 0 Å². The van der Waals surface area contributed by atoms with E-state index in [0.29, 0.717) is 31.7 Å². The van der Waals surface area contributed by atoms with E-state index >= 15 is 0 Å². The normalized spacial score (nSPS) is 21.8. The minimum absolute atomic E-state index is 0. The molecule has 0 radical (unpaired) electrons. The Morgan fingerprint density at radius 1 is 1.12 bits per heavy atom. The maximum atomic E-state index is 12.8. The lowest BCUT2D eigenvalue weighted by Crippen LogP contribution is -2.40. The number of nitrogens with two attached hydrogens (primary N) is 1. The summed E-state index contributed by atoms with van der Waals surface area (Å²) in [7, 11) is -3.52. The smallest absolute Gasteiger partial charge is 0.254 e. The SMILES string of the molecule is Cl.NCC1CCCN1C(=O)c1cccc(S(=O)(=O)N2CCCCC2)c1. The van der Waals surface area contributed by atoms with E-state index in [1.54, 1.807) is 23.1 Å². The Morgan fingerprint density at radius 2 is 1.84 bits per heavy atom. The van der Waals surface area contributed by atoms with Crippen molar-refractivity contribution < 1.29 is 13.2 Å². The number of rotatable bonds is 4. The average molecular weight is 388 g/mol. The molecule has 1 aromatic carbocycles. The third-order valence-electron chi connectivity index (χ3n) is 4.94. The van der Waals surface area contributed by atoms with Crippen LogP contribution >= 0.6 is 12.4 Å². The molecule has 0 aromatic heterocycles. The van der Waals surface area contributed by atoms with Crippen molar-refractivity contribution in [2.24, 2.45) is 5.73 Å². The molecule has 0 aliphatic carbocycles. The van der Waals surface area contributed by atoms with Crippen LogP contribution in [0.15, 0.2) is 29.2 Å². The molecular formula is C17H26ClN3O3S. The number of carbonyl (C=O) groups excluding carboxylic acids is 1. The maximum Gasteiger partial charge on any atom is 0.254 e. The second-order valence-electron chi connectivity index (χ2n) is 6.52. The largest absolute Gasteiger partial charge is 0.334 e. The Morgan fingerprint density at radius 3 is 2.52 bits per heavy atom. The van der Waals surface area contributed by atoms with Crippen LogP contribution in [0.3, 0.4) is 0 Å². The number of likely N-dealkylation sites (tertiary alicyclic amines) is 1. The van der Waals surface area contributed by atoms with E-state index in [0.717, 1.165) is 32.1 Å². The lowest BCUT2D eigenvalue weighted by atomic mass is 10.1.